The smallest absolute Gasteiger partial charge is 0.329 e. The third kappa shape index (κ3) is 4.61. The summed E-state index contributed by atoms with van der Waals surface area (Å²) < 4.78 is 0.785. The number of nitrogens with one attached hydrogen (secondary N) is 3. The van der Waals surface area contributed by atoms with Gasteiger partial charge in [-0.25, -0.2) is 4.79 Å². The molecule has 0 aliphatic rings. The molecule has 154 valence electrons. The maximum Gasteiger partial charge on any atom is 0.329 e. The molecule has 10 heteroatoms. The third-order valence-electron chi connectivity index (χ3n) is 4.29. The molecule has 3 aromatic rings. The highest BCUT2D eigenvalue weighted by Gasteiger charge is 2.15. The fourth-order valence-corrected chi connectivity index (χ4v) is 2.86. The summed E-state index contributed by atoms with van der Waals surface area (Å²) in [5.74, 6) is -1.72. The van der Waals surface area contributed by atoms with Gasteiger partial charge in [0.1, 0.15) is 6.54 Å². The number of nitrogens with two attached hydrogens (primary N) is 1. The number of para-hydroxylation sites is 2. The number of hydrogen-bond acceptors (Lipinski definition) is 5. The molecule has 3 amide bonds. The van der Waals surface area contributed by atoms with Crippen molar-refractivity contribution >= 4 is 34.3 Å². The number of carbonyl (C=O) groups is 3. The van der Waals surface area contributed by atoms with Crippen LogP contribution in [0.1, 0.15) is 16.8 Å². The maximum absolute atomic E-state index is 12.5. The molecule has 10 nitrogen and oxygen atoms in total. The SMILES string of the molecule is NC(=O)CCNC(=O)c1ccccc1NC(=O)Cn1c(=O)[nH]c2ccccc2c1=O. The van der Waals surface area contributed by atoms with E-state index in [1.54, 1.807) is 36.4 Å². The van der Waals surface area contributed by atoms with Gasteiger partial charge in [0.25, 0.3) is 11.5 Å². The highest BCUT2D eigenvalue weighted by molar-refractivity contribution is 6.03. The summed E-state index contributed by atoms with van der Waals surface area (Å²) >= 11 is 0. The number of nitrogens with zero attached hydrogens (tertiary/aromatic N) is 1. The molecule has 0 aliphatic carbocycles. The van der Waals surface area contributed by atoms with E-state index in [0.29, 0.717) is 5.52 Å². The average Bonchev–Trinajstić information content (AvgIpc) is 2.71. The Balaban J connectivity index is 1.79. The summed E-state index contributed by atoms with van der Waals surface area (Å²) in [5, 5.41) is 5.35. The molecular weight excluding hydrogens is 390 g/mol. The fourth-order valence-electron chi connectivity index (χ4n) is 2.86. The van der Waals surface area contributed by atoms with E-state index in [1.807, 2.05) is 0 Å². The van der Waals surface area contributed by atoms with Crippen molar-refractivity contribution in [1.82, 2.24) is 14.9 Å². The largest absolute Gasteiger partial charge is 0.370 e. The lowest BCUT2D eigenvalue weighted by Crippen LogP contribution is -2.38. The van der Waals surface area contributed by atoms with E-state index < -0.39 is 35.5 Å². The Morgan fingerprint density at radius 2 is 1.70 bits per heavy atom. The summed E-state index contributed by atoms with van der Waals surface area (Å²) in [7, 11) is 0. The zero-order chi connectivity index (χ0) is 21.7. The number of amides is 3. The van der Waals surface area contributed by atoms with E-state index in [-0.39, 0.29) is 29.6 Å². The van der Waals surface area contributed by atoms with Gasteiger partial charge in [-0.3, -0.25) is 23.7 Å². The molecule has 0 bridgehead atoms. The normalized spacial score (nSPS) is 10.5. The highest BCUT2D eigenvalue weighted by atomic mass is 16.2. The number of anilines is 1. The lowest BCUT2D eigenvalue weighted by Gasteiger charge is -2.12. The van der Waals surface area contributed by atoms with E-state index in [2.05, 4.69) is 15.6 Å². The zero-order valence-corrected chi connectivity index (χ0v) is 15.8. The number of rotatable bonds is 7. The summed E-state index contributed by atoms with van der Waals surface area (Å²) in [5.41, 5.74) is 4.47. The minimum Gasteiger partial charge on any atom is -0.370 e. The van der Waals surface area contributed by atoms with Crippen molar-refractivity contribution in [3.05, 3.63) is 74.9 Å². The molecule has 0 spiro atoms. The second-order valence-electron chi connectivity index (χ2n) is 6.43. The van der Waals surface area contributed by atoms with E-state index in [4.69, 9.17) is 5.73 Å². The van der Waals surface area contributed by atoms with Crippen molar-refractivity contribution in [3.8, 4) is 0 Å². The molecule has 30 heavy (non-hydrogen) atoms. The topological polar surface area (TPSA) is 156 Å². The molecule has 3 rings (SSSR count). The van der Waals surface area contributed by atoms with Gasteiger partial charge in [0.2, 0.25) is 11.8 Å². The number of carbonyl (C=O) groups excluding carboxylic acids is 3. The Morgan fingerprint density at radius 1 is 1.00 bits per heavy atom. The molecule has 5 N–H and O–H groups in total. The van der Waals surface area contributed by atoms with Crippen LogP contribution in [0.5, 0.6) is 0 Å². The van der Waals surface area contributed by atoms with Crippen LogP contribution in [0.3, 0.4) is 0 Å². The van der Waals surface area contributed by atoms with Crippen molar-refractivity contribution in [2.75, 3.05) is 11.9 Å². The van der Waals surface area contributed by atoms with E-state index >= 15 is 0 Å². The van der Waals surface area contributed by atoms with Gasteiger partial charge in [-0.1, -0.05) is 24.3 Å². The molecule has 0 saturated heterocycles. The number of hydrogen-bond donors (Lipinski definition) is 4. The molecule has 2 aromatic carbocycles. The van der Waals surface area contributed by atoms with Crippen molar-refractivity contribution in [2.24, 2.45) is 5.73 Å². The first-order valence-corrected chi connectivity index (χ1v) is 9.04. The van der Waals surface area contributed by atoms with Crippen molar-refractivity contribution < 1.29 is 14.4 Å². The van der Waals surface area contributed by atoms with Gasteiger partial charge in [-0.05, 0) is 24.3 Å². The Labute approximate surface area is 169 Å². The number of benzene rings is 2. The van der Waals surface area contributed by atoms with Crippen LogP contribution in [-0.4, -0.2) is 33.8 Å². The van der Waals surface area contributed by atoms with Crippen LogP contribution in [0.4, 0.5) is 5.69 Å². The molecule has 1 heterocycles. The first kappa shape index (κ1) is 20.5. The van der Waals surface area contributed by atoms with Gasteiger partial charge in [0, 0.05) is 13.0 Å². The number of aromatic nitrogens is 2. The number of aromatic amines is 1. The van der Waals surface area contributed by atoms with E-state index in [9.17, 15) is 24.0 Å². The number of primary amides is 1. The van der Waals surface area contributed by atoms with Gasteiger partial charge in [0.05, 0.1) is 22.2 Å². The molecule has 0 unspecified atom stereocenters. The predicted molar refractivity (Wildman–Crippen MR) is 110 cm³/mol. The van der Waals surface area contributed by atoms with Crippen LogP contribution in [0.25, 0.3) is 10.9 Å². The Bertz CT molecular complexity index is 1240. The summed E-state index contributed by atoms with van der Waals surface area (Å²) in [6, 6.07) is 12.7. The Morgan fingerprint density at radius 3 is 2.47 bits per heavy atom. The predicted octanol–water partition coefficient (Wildman–Crippen LogP) is -0.0663. The monoisotopic (exact) mass is 409 g/mol. The summed E-state index contributed by atoms with van der Waals surface area (Å²) in [4.78, 5) is 62.9. The van der Waals surface area contributed by atoms with Crippen LogP contribution in [-0.2, 0) is 16.1 Å². The molecule has 0 saturated carbocycles. The first-order valence-electron chi connectivity index (χ1n) is 9.04. The second-order valence-corrected chi connectivity index (χ2v) is 6.43. The minimum absolute atomic E-state index is 0.0199. The Hall–Kier alpha value is -4.21. The zero-order valence-electron chi connectivity index (χ0n) is 15.8. The van der Waals surface area contributed by atoms with Crippen molar-refractivity contribution in [3.63, 3.8) is 0 Å². The van der Waals surface area contributed by atoms with Crippen LogP contribution in [0.2, 0.25) is 0 Å². The van der Waals surface area contributed by atoms with E-state index in [1.165, 1.54) is 12.1 Å². The minimum atomic E-state index is -0.716. The third-order valence-corrected chi connectivity index (χ3v) is 4.29. The van der Waals surface area contributed by atoms with Crippen molar-refractivity contribution in [1.29, 1.82) is 0 Å². The molecule has 1 aromatic heterocycles. The molecule has 0 fully saturated rings. The van der Waals surface area contributed by atoms with Gasteiger partial charge in [-0.15, -0.1) is 0 Å². The average molecular weight is 409 g/mol. The second kappa shape index (κ2) is 8.86. The first-order chi connectivity index (χ1) is 14.4. The molecule has 0 radical (unpaired) electrons. The summed E-state index contributed by atoms with van der Waals surface area (Å²) in [6.45, 7) is -0.477. The van der Waals surface area contributed by atoms with Crippen LogP contribution in [0, 0.1) is 0 Å². The van der Waals surface area contributed by atoms with Crippen LogP contribution < -0.4 is 27.6 Å². The van der Waals surface area contributed by atoms with Crippen LogP contribution in [0.15, 0.2) is 58.1 Å². The lowest BCUT2D eigenvalue weighted by atomic mass is 10.1. The maximum atomic E-state index is 12.5. The van der Waals surface area contributed by atoms with Gasteiger partial charge < -0.3 is 21.4 Å². The van der Waals surface area contributed by atoms with Gasteiger partial charge >= 0.3 is 5.69 Å². The highest BCUT2D eigenvalue weighted by Crippen LogP contribution is 2.15. The molecule has 0 atom stereocenters. The quantitative estimate of drug-likeness (QED) is 0.430. The Kier molecular flexibility index (Phi) is 6.06. The number of H-pyrrole nitrogens is 1. The molecule has 0 aliphatic heterocycles. The van der Waals surface area contributed by atoms with Crippen molar-refractivity contribution in [2.45, 2.75) is 13.0 Å². The molecular formula is C20H19N5O5. The van der Waals surface area contributed by atoms with E-state index in [0.717, 1.165) is 4.57 Å². The van der Waals surface area contributed by atoms with Gasteiger partial charge in [0.15, 0.2) is 0 Å². The lowest BCUT2D eigenvalue weighted by molar-refractivity contribution is -0.118. The van der Waals surface area contributed by atoms with Gasteiger partial charge in [-0.2, -0.15) is 0 Å². The number of fused-ring (bicyclic) bond motifs is 1. The summed E-state index contributed by atoms with van der Waals surface area (Å²) in [6.07, 6.45) is -0.0199. The fraction of sp³-hybridized carbons (Fsp3) is 0.150. The standard InChI is InChI=1S/C20H19N5O5/c21-16(26)9-10-22-18(28)12-5-1-3-7-14(12)23-17(27)11-25-19(29)13-6-2-4-8-15(13)24-20(25)30/h1-8H,9-11H2,(H2,21,26)(H,22,28)(H,23,27)(H,24,30). The van der Waals surface area contributed by atoms with Crippen LogP contribution >= 0.6 is 0 Å².